The number of hydrogen-bond acceptors (Lipinski definition) is 3. The van der Waals surface area contributed by atoms with E-state index in [0.29, 0.717) is 0 Å². The highest BCUT2D eigenvalue weighted by Gasteiger charge is 2.17. The molecule has 0 bridgehead atoms. The summed E-state index contributed by atoms with van der Waals surface area (Å²) in [5, 5.41) is 3.50. The normalized spacial score (nSPS) is 12.2. The van der Waals surface area contributed by atoms with Gasteiger partial charge in [-0.1, -0.05) is 28.9 Å². The molecule has 0 amide bonds. The van der Waals surface area contributed by atoms with Crippen molar-refractivity contribution in [2.24, 2.45) is 0 Å². The molecule has 20 heavy (non-hydrogen) atoms. The molecule has 0 radical (unpaired) electrons. The average molecular weight is 335 g/mol. The molecule has 0 saturated carbocycles. The highest BCUT2D eigenvalue weighted by Crippen LogP contribution is 2.31. The van der Waals surface area contributed by atoms with Crippen LogP contribution in [0.2, 0.25) is 0 Å². The van der Waals surface area contributed by atoms with Crippen LogP contribution >= 0.6 is 15.9 Å². The Labute approximate surface area is 128 Å². The van der Waals surface area contributed by atoms with Crippen LogP contribution in [0.25, 0.3) is 0 Å². The Hall–Kier alpha value is -1.39. The van der Waals surface area contributed by atoms with Gasteiger partial charge in [0.25, 0.3) is 0 Å². The molecule has 0 aliphatic heterocycles. The molecule has 1 unspecified atom stereocenters. The van der Waals surface area contributed by atoms with Gasteiger partial charge in [0.05, 0.1) is 13.2 Å². The number of nitrogens with zero attached hydrogens (tertiary/aromatic N) is 1. The molecule has 2 aromatic rings. The van der Waals surface area contributed by atoms with Crippen molar-refractivity contribution in [1.82, 2.24) is 10.3 Å². The lowest BCUT2D eigenvalue weighted by atomic mass is 9.99. The molecule has 1 aromatic heterocycles. The first-order chi connectivity index (χ1) is 9.65. The molecule has 1 N–H and O–H groups in total. The second kappa shape index (κ2) is 6.86. The average Bonchev–Trinajstić information content (AvgIpc) is 2.47. The third-order valence-corrected chi connectivity index (χ3v) is 3.91. The number of hydrogen-bond donors (Lipinski definition) is 1. The summed E-state index contributed by atoms with van der Waals surface area (Å²) in [6, 6.07) is 10.3. The summed E-state index contributed by atoms with van der Waals surface area (Å²) in [6.45, 7) is 4.97. The van der Waals surface area contributed by atoms with E-state index < -0.39 is 0 Å². The zero-order valence-electron chi connectivity index (χ0n) is 12.0. The fourth-order valence-electron chi connectivity index (χ4n) is 2.13. The molecule has 0 saturated heterocycles. The third-order valence-electron chi connectivity index (χ3n) is 3.19. The van der Waals surface area contributed by atoms with E-state index in [1.165, 1.54) is 0 Å². The van der Waals surface area contributed by atoms with Gasteiger partial charge in [0, 0.05) is 16.4 Å². The Kier molecular flexibility index (Phi) is 5.15. The summed E-state index contributed by atoms with van der Waals surface area (Å²) in [5.74, 6) is 0.853. The molecule has 106 valence electrons. The minimum atomic E-state index is 0.0950. The number of aryl methyl sites for hydroxylation is 1. The van der Waals surface area contributed by atoms with E-state index in [2.05, 4.69) is 45.3 Å². The van der Waals surface area contributed by atoms with Crippen LogP contribution in [0.5, 0.6) is 5.75 Å². The number of nitrogens with one attached hydrogen (secondary N) is 1. The summed E-state index contributed by atoms with van der Waals surface area (Å²) < 4.78 is 6.39. The van der Waals surface area contributed by atoms with Crippen molar-refractivity contribution in [3.05, 3.63) is 57.8 Å². The monoisotopic (exact) mass is 334 g/mol. The molecule has 0 aliphatic rings. The standard InChI is InChI=1S/C16H19BrN2O/c1-4-18-16(12-6-5-11(2)19-10-12)14-9-13(20-3)7-8-15(14)17/h5-10,16,18H,4H2,1-3H3. The van der Waals surface area contributed by atoms with Crippen molar-refractivity contribution in [2.45, 2.75) is 19.9 Å². The van der Waals surface area contributed by atoms with Crippen LogP contribution in [0.15, 0.2) is 41.0 Å². The lowest BCUT2D eigenvalue weighted by molar-refractivity contribution is 0.413. The van der Waals surface area contributed by atoms with Gasteiger partial charge in [0.15, 0.2) is 0 Å². The first-order valence-corrected chi connectivity index (χ1v) is 7.44. The van der Waals surface area contributed by atoms with Gasteiger partial charge in [-0.25, -0.2) is 0 Å². The molecule has 1 atom stereocenters. The van der Waals surface area contributed by atoms with E-state index >= 15 is 0 Å². The Bertz CT molecular complexity index is 569. The molecule has 1 heterocycles. The van der Waals surface area contributed by atoms with Gasteiger partial charge in [-0.3, -0.25) is 4.98 Å². The van der Waals surface area contributed by atoms with Crippen molar-refractivity contribution in [3.8, 4) is 5.75 Å². The maximum atomic E-state index is 5.33. The van der Waals surface area contributed by atoms with Gasteiger partial charge in [-0.05, 0) is 48.9 Å². The smallest absolute Gasteiger partial charge is 0.119 e. The van der Waals surface area contributed by atoms with Gasteiger partial charge < -0.3 is 10.1 Å². The van der Waals surface area contributed by atoms with E-state index in [9.17, 15) is 0 Å². The van der Waals surface area contributed by atoms with Crippen molar-refractivity contribution in [1.29, 1.82) is 0 Å². The summed E-state index contributed by atoms with van der Waals surface area (Å²) in [4.78, 5) is 4.39. The molecule has 4 heteroatoms. The quantitative estimate of drug-likeness (QED) is 0.901. The molecule has 0 fully saturated rings. The fourth-order valence-corrected chi connectivity index (χ4v) is 2.61. The van der Waals surface area contributed by atoms with E-state index in [0.717, 1.165) is 33.6 Å². The van der Waals surface area contributed by atoms with Gasteiger partial charge >= 0.3 is 0 Å². The van der Waals surface area contributed by atoms with E-state index in [-0.39, 0.29) is 6.04 Å². The topological polar surface area (TPSA) is 34.2 Å². The number of benzene rings is 1. The molecule has 1 aromatic carbocycles. The zero-order chi connectivity index (χ0) is 14.5. The Morgan fingerprint density at radius 1 is 1.30 bits per heavy atom. The molecule has 2 rings (SSSR count). The minimum Gasteiger partial charge on any atom is -0.497 e. The molecule has 0 aliphatic carbocycles. The highest BCUT2D eigenvalue weighted by molar-refractivity contribution is 9.10. The minimum absolute atomic E-state index is 0.0950. The summed E-state index contributed by atoms with van der Waals surface area (Å²) in [5.41, 5.74) is 3.32. The fraction of sp³-hybridized carbons (Fsp3) is 0.312. The molecule has 3 nitrogen and oxygen atoms in total. The Morgan fingerprint density at radius 3 is 2.70 bits per heavy atom. The predicted octanol–water partition coefficient (Wildman–Crippen LogP) is 3.86. The number of pyridine rings is 1. The van der Waals surface area contributed by atoms with E-state index in [4.69, 9.17) is 4.74 Å². The first-order valence-electron chi connectivity index (χ1n) is 6.65. The molecular weight excluding hydrogens is 316 g/mol. The molecular formula is C16H19BrN2O. The third kappa shape index (κ3) is 3.38. The maximum Gasteiger partial charge on any atom is 0.119 e. The van der Waals surface area contributed by atoms with Gasteiger partial charge in [-0.2, -0.15) is 0 Å². The molecule has 0 spiro atoms. The SMILES string of the molecule is CCNC(c1ccc(C)nc1)c1cc(OC)ccc1Br. The Morgan fingerprint density at radius 2 is 2.10 bits per heavy atom. The number of halogens is 1. The van der Waals surface area contributed by atoms with Crippen LogP contribution in [0, 0.1) is 6.92 Å². The van der Waals surface area contributed by atoms with Gasteiger partial charge in [0.1, 0.15) is 5.75 Å². The van der Waals surface area contributed by atoms with Crippen LogP contribution in [-0.4, -0.2) is 18.6 Å². The number of methoxy groups -OCH3 is 1. The Balaban J connectivity index is 2.44. The number of ether oxygens (including phenoxy) is 1. The zero-order valence-corrected chi connectivity index (χ0v) is 13.6. The number of rotatable bonds is 5. The van der Waals surface area contributed by atoms with Crippen LogP contribution in [0.3, 0.4) is 0 Å². The summed E-state index contributed by atoms with van der Waals surface area (Å²) >= 11 is 3.63. The van der Waals surface area contributed by atoms with E-state index in [1.54, 1.807) is 7.11 Å². The van der Waals surface area contributed by atoms with Gasteiger partial charge in [0.2, 0.25) is 0 Å². The van der Waals surface area contributed by atoms with Crippen LogP contribution in [-0.2, 0) is 0 Å². The van der Waals surface area contributed by atoms with Crippen molar-refractivity contribution < 1.29 is 4.74 Å². The van der Waals surface area contributed by atoms with Gasteiger partial charge in [-0.15, -0.1) is 0 Å². The van der Waals surface area contributed by atoms with Crippen molar-refractivity contribution >= 4 is 15.9 Å². The first kappa shape index (κ1) is 15.0. The van der Waals surface area contributed by atoms with Crippen molar-refractivity contribution in [2.75, 3.05) is 13.7 Å². The largest absolute Gasteiger partial charge is 0.497 e. The van der Waals surface area contributed by atoms with Crippen LogP contribution in [0.1, 0.15) is 29.8 Å². The predicted molar refractivity (Wildman–Crippen MR) is 85.2 cm³/mol. The van der Waals surface area contributed by atoms with E-state index in [1.807, 2.05) is 31.3 Å². The van der Waals surface area contributed by atoms with Crippen LogP contribution in [0.4, 0.5) is 0 Å². The maximum absolute atomic E-state index is 5.33. The second-order valence-corrected chi connectivity index (χ2v) is 5.47. The van der Waals surface area contributed by atoms with Crippen molar-refractivity contribution in [3.63, 3.8) is 0 Å². The highest BCUT2D eigenvalue weighted by atomic mass is 79.9. The summed E-state index contributed by atoms with van der Waals surface area (Å²) in [7, 11) is 1.68. The number of aromatic nitrogens is 1. The lowest BCUT2D eigenvalue weighted by Gasteiger charge is -2.20. The summed E-state index contributed by atoms with van der Waals surface area (Å²) in [6.07, 6.45) is 1.93. The van der Waals surface area contributed by atoms with Crippen LogP contribution < -0.4 is 10.1 Å². The second-order valence-electron chi connectivity index (χ2n) is 4.61. The lowest BCUT2D eigenvalue weighted by Crippen LogP contribution is -2.22.